The molecule has 12 nitrogen and oxygen atoms in total. The van der Waals surface area contributed by atoms with Gasteiger partial charge in [-0.2, -0.15) is 0 Å². The van der Waals surface area contributed by atoms with Crippen molar-refractivity contribution >= 4 is 34.8 Å². The predicted molar refractivity (Wildman–Crippen MR) is 135 cm³/mol. The molecule has 202 valence electrons. The third-order valence-corrected chi connectivity index (χ3v) is 7.54. The number of aliphatic hydroxyl groups is 3. The molecule has 0 bridgehead atoms. The Kier molecular flexibility index (Phi) is 6.24. The van der Waals surface area contributed by atoms with E-state index in [9.17, 15) is 39.6 Å². The number of ether oxygens (including phenoxy) is 1. The molecule has 0 spiro atoms. The number of phenolic OH excluding ortho intramolecular Hbond substituents is 1. The second kappa shape index (κ2) is 9.33. The van der Waals surface area contributed by atoms with Gasteiger partial charge in [0.2, 0.25) is 11.7 Å². The van der Waals surface area contributed by atoms with Crippen LogP contribution < -0.4 is 11.1 Å². The van der Waals surface area contributed by atoms with Crippen LogP contribution in [0.4, 0.5) is 5.69 Å². The quantitative estimate of drug-likeness (QED) is 0.300. The van der Waals surface area contributed by atoms with Crippen molar-refractivity contribution in [3.63, 3.8) is 0 Å². The Morgan fingerprint density at radius 2 is 1.92 bits per heavy atom. The van der Waals surface area contributed by atoms with Gasteiger partial charge in [-0.15, -0.1) is 0 Å². The lowest BCUT2D eigenvalue weighted by Crippen LogP contribution is -2.58. The number of Topliss-reactive ketones (excluding diaryl/α,β-unsaturated/α-hetero) is 2. The van der Waals surface area contributed by atoms with Gasteiger partial charge >= 0.3 is 0 Å². The summed E-state index contributed by atoms with van der Waals surface area (Å²) in [6.45, 7) is -0.148. The third-order valence-electron chi connectivity index (χ3n) is 7.54. The lowest BCUT2D eigenvalue weighted by molar-refractivity contribution is -0.147. The lowest BCUT2D eigenvalue weighted by atomic mass is 9.59. The summed E-state index contributed by atoms with van der Waals surface area (Å²) >= 11 is 0. The zero-order chi connectivity index (χ0) is 28.2. The molecule has 0 aliphatic heterocycles. The second-order valence-corrected chi connectivity index (χ2v) is 9.80. The van der Waals surface area contributed by atoms with E-state index in [1.807, 2.05) is 0 Å². The van der Waals surface area contributed by atoms with E-state index in [0.29, 0.717) is 22.5 Å². The number of ketones is 2. The van der Waals surface area contributed by atoms with Gasteiger partial charge in [0.25, 0.3) is 5.91 Å². The fourth-order valence-electron chi connectivity index (χ4n) is 5.85. The van der Waals surface area contributed by atoms with E-state index in [4.69, 9.17) is 10.5 Å². The number of carbonyl (C=O) groups excluding carboxylic acids is 4. The summed E-state index contributed by atoms with van der Waals surface area (Å²) in [5, 5.41) is 46.6. The molecular weight excluding hydrogens is 510 g/mol. The highest BCUT2D eigenvalue weighted by Gasteiger charge is 2.60. The summed E-state index contributed by atoms with van der Waals surface area (Å²) in [7, 11) is 1.39. The predicted octanol–water partition coefficient (Wildman–Crippen LogP) is 1.07. The average molecular weight is 536 g/mol. The average Bonchev–Trinajstić information content (AvgIpc) is 2.86. The number of benzene rings is 1. The molecule has 12 heteroatoms. The fourth-order valence-corrected chi connectivity index (χ4v) is 5.85. The normalized spacial score (nSPS) is 24.2. The number of aliphatic hydroxyl groups excluding tert-OH is 2. The highest BCUT2D eigenvalue weighted by Crippen LogP contribution is 2.53. The Morgan fingerprint density at radius 1 is 1.18 bits per heavy atom. The van der Waals surface area contributed by atoms with E-state index in [1.165, 1.54) is 19.4 Å². The SMILES string of the molecule is COCC(=O)Nc1ccnc(-c2ccc(O)c3c2C[C@H]2C[C@H]4CC(=O)C(C(N)=O)=C(O)[C@@]4(O)C(=O)C2=C3O)c1. The van der Waals surface area contributed by atoms with Crippen LogP contribution in [0.2, 0.25) is 0 Å². The van der Waals surface area contributed by atoms with Crippen LogP contribution >= 0.6 is 0 Å². The van der Waals surface area contributed by atoms with Crippen molar-refractivity contribution in [1.82, 2.24) is 4.98 Å². The first-order valence-corrected chi connectivity index (χ1v) is 12.1. The first-order chi connectivity index (χ1) is 18.5. The third kappa shape index (κ3) is 3.96. The Balaban J connectivity index is 1.62. The van der Waals surface area contributed by atoms with Crippen LogP contribution in [0.3, 0.4) is 0 Å². The Labute approximate surface area is 221 Å². The van der Waals surface area contributed by atoms with E-state index in [0.717, 1.165) is 0 Å². The van der Waals surface area contributed by atoms with E-state index in [-0.39, 0.29) is 42.2 Å². The highest BCUT2D eigenvalue weighted by atomic mass is 16.5. The monoisotopic (exact) mass is 535 g/mol. The molecule has 1 aromatic heterocycles. The zero-order valence-corrected chi connectivity index (χ0v) is 20.7. The van der Waals surface area contributed by atoms with Crippen molar-refractivity contribution in [2.75, 3.05) is 19.0 Å². The molecule has 1 heterocycles. The van der Waals surface area contributed by atoms with E-state index < -0.39 is 58.4 Å². The fraction of sp³-hybridized carbons (Fsp3) is 0.296. The lowest BCUT2D eigenvalue weighted by Gasteiger charge is -2.46. The first-order valence-electron chi connectivity index (χ1n) is 12.1. The minimum atomic E-state index is -2.63. The number of hydrogen-bond acceptors (Lipinski definition) is 10. The number of phenols is 1. The Morgan fingerprint density at radius 3 is 2.62 bits per heavy atom. The minimum absolute atomic E-state index is 0.0125. The van der Waals surface area contributed by atoms with Crippen molar-refractivity contribution in [2.45, 2.75) is 24.9 Å². The van der Waals surface area contributed by atoms with Crippen LogP contribution in [0.1, 0.15) is 24.0 Å². The van der Waals surface area contributed by atoms with E-state index >= 15 is 0 Å². The second-order valence-electron chi connectivity index (χ2n) is 9.80. The van der Waals surface area contributed by atoms with Crippen LogP contribution in [-0.4, -0.2) is 68.1 Å². The number of rotatable bonds is 5. The number of carbonyl (C=O) groups is 4. The van der Waals surface area contributed by atoms with E-state index in [1.54, 1.807) is 18.2 Å². The number of anilines is 1. The standard InChI is InChI=1S/C27H25N3O9/c1-39-10-19(33)30-13-4-5-29-16(9-13)14-2-3-17(31)21-15(14)7-11-6-12-8-18(32)22(26(28)37)25(36)27(12,38)24(35)20(11)23(21)34/h2-5,9,11-12,31,34,36,38H,6-8,10H2,1H3,(H2,28,37)(H,29,30,33)/t11-,12+,27+/m1/s1. The van der Waals surface area contributed by atoms with Gasteiger partial charge in [0.05, 0.1) is 11.3 Å². The van der Waals surface area contributed by atoms with Crippen LogP contribution in [0.15, 0.2) is 47.4 Å². The summed E-state index contributed by atoms with van der Waals surface area (Å²) < 4.78 is 4.83. The maximum atomic E-state index is 13.6. The zero-order valence-electron chi connectivity index (χ0n) is 20.7. The van der Waals surface area contributed by atoms with Crippen molar-refractivity contribution in [3.8, 4) is 17.0 Å². The molecule has 0 radical (unpaired) electrons. The van der Waals surface area contributed by atoms with Gasteiger partial charge in [0.1, 0.15) is 29.4 Å². The number of primary amides is 1. The molecule has 2 aromatic rings. The molecule has 5 rings (SSSR count). The maximum Gasteiger partial charge on any atom is 0.255 e. The van der Waals surface area contributed by atoms with Crippen LogP contribution in [0.25, 0.3) is 17.0 Å². The van der Waals surface area contributed by atoms with Gasteiger partial charge in [0, 0.05) is 42.5 Å². The number of nitrogens with one attached hydrogen (secondary N) is 1. The van der Waals surface area contributed by atoms with Crippen LogP contribution in [-0.2, 0) is 30.3 Å². The number of aromatic nitrogens is 1. The van der Waals surface area contributed by atoms with Crippen LogP contribution in [0.5, 0.6) is 5.75 Å². The van der Waals surface area contributed by atoms with Crippen molar-refractivity contribution < 1.29 is 44.3 Å². The number of hydrogen-bond donors (Lipinski definition) is 6. The molecule has 39 heavy (non-hydrogen) atoms. The summed E-state index contributed by atoms with van der Waals surface area (Å²) in [5.41, 5.74) is 3.30. The topological polar surface area (TPSA) is 209 Å². The molecule has 2 amide bonds. The first kappa shape index (κ1) is 26.1. The van der Waals surface area contributed by atoms with Gasteiger partial charge in [-0.3, -0.25) is 24.2 Å². The Bertz CT molecular complexity index is 1530. The summed E-state index contributed by atoms with van der Waals surface area (Å²) in [4.78, 5) is 54.2. The van der Waals surface area contributed by atoms with Crippen molar-refractivity contribution in [2.24, 2.45) is 17.6 Å². The number of fused-ring (bicyclic) bond motifs is 3. The molecule has 7 N–H and O–H groups in total. The Hall–Kier alpha value is -4.55. The number of methoxy groups -OCH3 is 1. The molecule has 1 fully saturated rings. The van der Waals surface area contributed by atoms with Crippen LogP contribution in [0, 0.1) is 11.8 Å². The molecule has 1 saturated carbocycles. The maximum absolute atomic E-state index is 13.6. The number of nitrogens with two attached hydrogens (primary N) is 1. The number of pyridine rings is 1. The summed E-state index contributed by atoms with van der Waals surface area (Å²) in [5.74, 6) is -7.31. The van der Waals surface area contributed by atoms with Gasteiger partial charge in [-0.25, -0.2) is 0 Å². The number of amides is 2. The summed E-state index contributed by atoms with van der Waals surface area (Å²) in [6.07, 6.45) is 1.21. The molecule has 3 aliphatic carbocycles. The minimum Gasteiger partial charge on any atom is -0.508 e. The van der Waals surface area contributed by atoms with Crippen molar-refractivity contribution in [1.29, 1.82) is 0 Å². The largest absolute Gasteiger partial charge is 0.508 e. The number of nitrogens with zero attached hydrogens (tertiary/aromatic N) is 1. The van der Waals surface area contributed by atoms with Gasteiger partial charge in [-0.05, 0) is 48.6 Å². The van der Waals surface area contributed by atoms with Gasteiger partial charge in [0.15, 0.2) is 11.4 Å². The van der Waals surface area contributed by atoms with Gasteiger partial charge < -0.3 is 36.2 Å². The van der Waals surface area contributed by atoms with E-state index in [2.05, 4.69) is 10.3 Å². The smallest absolute Gasteiger partial charge is 0.255 e. The summed E-state index contributed by atoms with van der Waals surface area (Å²) in [6, 6.07) is 6.10. The molecular formula is C27H25N3O9. The molecule has 1 aromatic carbocycles. The number of aromatic hydroxyl groups is 1. The van der Waals surface area contributed by atoms with Gasteiger partial charge in [-0.1, -0.05) is 0 Å². The van der Waals surface area contributed by atoms with Crippen molar-refractivity contribution in [3.05, 3.63) is 58.5 Å². The molecule has 0 saturated heterocycles. The molecule has 3 aliphatic rings. The molecule has 3 atom stereocenters. The highest BCUT2D eigenvalue weighted by molar-refractivity contribution is 6.22. The molecule has 0 unspecified atom stereocenters.